The van der Waals surface area contributed by atoms with Crippen LogP contribution in [0.1, 0.15) is 49.4 Å². The lowest BCUT2D eigenvalue weighted by molar-refractivity contribution is -0.119. The third-order valence-electron chi connectivity index (χ3n) is 3.28. The Labute approximate surface area is 143 Å². The standard InChI is InChI=1S/C17H25N3O2S/c1-4-5-6-7-11-15(21)19-17(23)18-14-10-8-9-13(12-14)16(22)20(2)3/h8-10,12H,4-7,11H2,1-3H3,(H2,18,19,21,23). The van der Waals surface area contributed by atoms with Gasteiger partial charge in [-0.05, 0) is 36.8 Å². The number of amides is 2. The van der Waals surface area contributed by atoms with Crippen molar-refractivity contribution in [2.75, 3.05) is 19.4 Å². The summed E-state index contributed by atoms with van der Waals surface area (Å²) >= 11 is 5.14. The average molecular weight is 335 g/mol. The third-order valence-corrected chi connectivity index (χ3v) is 3.49. The van der Waals surface area contributed by atoms with E-state index in [4.69, 9.17) is 12.2 Å². The molecule has 0 unspecified atom stereocenters. The van der Waals surface area contributed by atoms with E-state index in [1.807, 2.05) is 0 Å². The van der Waals surface area contributed by atoms with E-state index in [9.17, 15) is 9.59 Å². The third kappa shape index (κ3) is 7.23. The van der Waals surface area contributed by atoms with Gasteiger partial charge in [0.25, 0.3) is 5.91 Å². The van der Waals surface area contributed by atoms with Crippen LogP contribution >= 0.6 is 12.2 Å². The first-order valence-electron chi connectivity index (χ1n) is 7.86. The zero-order valence-electron chi connectivity index (χ0n) is 14.0. The van der Waals surface area contributed by atoms with Crippen LogP contribution in [0, 0.1) is 0 Å². The van der Waals surface area contributed by atoms with Crippen LogP contribution in [-0.2, 0) is 4.79 Å². The Morgan fingerprint density at radius 3 is 2.57 bits per heavy atom. The first kappa shape index (κ1) is 19.1. The number of rotatable bonds is 7. The predicted octanol–water partition coefficient (Wildman–Crippen LogP) is 3.17. The van der Waals surface area contributed by atoms with Gasteiger partial charge in [-0.1, -0.05) is 32.3 Å². The van der Waals surface area contributed by atoms with Crippen molar-refractivity contribution in [2.45, 2.75) is 39.0 Å². The molecule has 0 heterocycles. The molecule has 6 heteroatoms. The summed E-state index contributed by atoms with van der Waals surface area (Å²) in [5, 5.41) is 5.85. The molecule has 0 radical (unpaired) electrons. The molecule has 23 heavy (non-hydrogen) atoms. The Balaban J connectivity index is 2.49. The van der Waals surface area contributed by atoms with E-state index in [-0.39, 0.29) is 16.9 Å². The van der Waals surface area contributed by atoms with Gasteiger partial charge in [-0.3, -0.25) is 9.59 Å². The lowest BCUT2D eigenvalue weighted by Gasteiger charge is -2.13. The number of carbonyl (C=O) groups is 2. The van der Waals surface area contributed by atoms with Gasteiger partial charge in [-0.25, -0.2) is 0 Å². The number of hydrogen-bond donors (Lipinski definition) is 2. The highest BCUT2D eigenvalue weighted by atomic mass is 32.1. The van der Waals surface area contributed by atoms with Crippen LogP contribution in [0.2, 0.25) is 0 Å². The molecule has 0 spiro atoms. The maximum atomic E-state index is 11.9. The fourth-order valence-corrected chi connectivity index (χ4v) is 2.28. The number of thiocarbonyl (C=S) groups is 1. The number of nitrogens with zero attached hydrogens (tertiary/aromatic N) is 1. The molecule has 126 valence electrons. The summed E-state index contributed by atoms with van der Waals surface area (Å²) in [6, 6.07) is 7.02. The number of carbonyl (C=O) groups excluding carboxylic acids is 2. The van der Waals surface area contributed by atoms with Crippen molar-refractivity contribution in [1.29, 1.82) is 0 Å². The minimum atomic E-state index is -0.0841. The van der Waals surface area contributed by atoms with Crippen molar-refractivity contribution >= 4 is 34.8 Å². The Hall–Kier alpha value is -1.95. The molecular formula is C17H25N3O2S. The highest BCUT2D eigenvalue weighted by molar-refractivity contribution is 7.80. The smallest absolute Gasteiger partial charge is 0.253 e. The molecule has 0 aliphatic carbocycles. The van der Waals surface area contributed by atoms with Crippen molar-refractivity contribution in [1.82, 2.24) is 10.2 Å². The van der Waals surface area contributed by atoms with Gasteiger partial charge in [0.05, 0.1) is 0 Å². The maximum Gasteiger partial charge on any atom is 0.253 e. The molecule has 1 rings (SSSR count). The zero-order valence-corrected chi connectivity index (χ0v) is 14.8. The number of benzene rings is 1. The summed E-state index contributed by atoms with van der Waals surface area (Å²) in [5.41, 5.74) is 1.24. The fourth-order valence-electron chi connectivity index (χ4n) is 2.05. The van der Waals surface area contributed by atoms with E-state index < -0.39 is 0 Å². The Bertz CT molecular complexity index is 559. The molecule has 1 aromatic carbocycles. The van der Waals surface area contributed by atoms with Crippen LogP contribution < -0.4 is 10.6 Å². The summed E-state index contributed by atoms with van der Waals surface area (Å²) in [5.74, 6) is -0.168. The number of hydrogen-bond acceptors (Lipinski definition) is 3. The molecular weight excluding hydrogens is 310 g/mol. The minimum Gasteiger partial charge on any atom is -0.345 e. The second kappa shape index (κ2) is 9.94. The van der Waals surface area contributed by atoms with Crippen molar-refractivity contribution in [2.24, 2.45) is 0 Å². The second-order valence-electron chi connectivity index (χ2n) is 5.59. The van der Waals surface area contributed by atoms with Gasteiger partial charge in [0, 0.05) is 31.8 Å². The highest BCUT2D eigenvalue weighted by Crippen LogP contribution is 2.12. The topological polar surface area (TPSA) is 61.4 Å². The van der Waals surface area contributed by atoms with Gasteiger partial charge in [-0.2, -0.15) is 0 Å². The highest BCUT2D eigenvalue weighted by Gasteiger charge is 2.09. The summed E-state index contributed by atoms with van der Waals surface area (Å²) in [7, 11) is 3.40. The number of unbranched alkanes of at least 4 members (excludes halogenated alkanes) is 3. The summed E-state index contributed by atoms with van der Waals surface area (Å²) in [4.78, 5) is 25.2. The lowest BCUT2D eigenvalue weighted by atomic mass is 10.1. The largest absolute Gasteiger partial charge is 0.345 e. The molecule has 0 aromatic heterocycles. The molecule has 0 aliphatic heterocycles. The van der Waals surface area contributed by atoms with Gasteiger partial charge in [-0.15, -0.1) is 0 Å². The second-order valence-corrected chi connectivity index (χ2v) is 6.00. The normalized spacial score (nSPS) is 10.0. The van der Waals surface area contributed by atoms with E-state index >= 15 is 0 Å². The van der Waals surface area contributed by atoms with E-state index in [1.54, 1.807) is 38.4 Å². The fraction of sp³-hybridized carbons (Fsp3) is 0.471. The van der Waals surface area contributed by atoms with Gasteiger partial charge in [0.15, 0.2) is 5.11 Å². The van der Waals surface area contributed by atoms with Gasteiger partial charge in [0.2, 0.25) is 5.91 Å². The molecule has 2 N–H and O–H groups in total. The van der Waals surface area contributed by atoms with Gasteiger partial charge in [0.1, 0.15) is 0 Å². The van der Waals surface area contributed by atoms with Crippen LogP contribution in [0.15, 0.2) is 24.3 Å². The van der Waals surface area contributed by atoms with Crippen LogP contribution in [0.4, 0.5) is 5.69 Å². The predicted molar refractivity (Wildman–Crippen MR) is 97.6 cm³/mol. The lowest BCUT2D eigenvalue weighted by Crippen LogP contribution is -2.34. The molecule has 0 fully saturated rings. The molecule has 0 saturated carbocycles. The zero-order chi connectivity index (χ0) is 17.2. The number of nitrogens with one attached hydrogen (secondary N) is 2. The van der Waals surface area contributed by atoms with E-state index in [1.165, 1.54) is 4.90 Å². The quantitative estimate of drug-likeness (QED) is 0.593. The molecule has 1 aromatic rings. The molecule has 2 amide bonds. The Morgan fingerprint density at radius 1 is 1.17 bits per heavy atom. The number of anilines is 1. The average Bonchev–Trinajstić information content (AvgIpc) is 2.50. The summed E-state index contributed by atoms with van der Waals surface area (Å²) in [6.07, 6.45) is 4.68. The molecule has 5 nitrogen and oxygen atoms in total. The van der Waals surface area contributed by atoms with Gasteiger partial charge >= 0.3 is 0 Å². The molecule has 0 atom stereocenters. The Kier molecular flexibility index (Phi) is 8.26. The Morgan fingerprint density at radius 2 is 1.91 bits per heavy atom. The van der Waals surface area contributed by atoms with Crippen LogP contribution in [0.25, 0.3) is 0 Å². The SMILES string of the molecule is CCCCCCC(=O)NC(=S)Nc1cccc(C(=O)N(C)C)c1. The summed E-state index contributed by atoms with van der Waals surface area (Å²) in [6.45, 7) is 2.13. The monoisotopic (exact) mass is 335 g/mol. The summed E-state index contributed by atoms with van der Waals surface area (Å²) < 4.78 is 0. The maximum absolute atomic E-state index is 11.9. The van der Waals surface area contributed by atoms with Gasteiger partial charge < -0.3 is 15.5 Å². The van der Waals surface area contributed by atoms with E-state index in [0.29, 0.717) is 17.7 Å². The molecule has 0 saturated heterocycles. The first-order valence-corrected chi connectivity index (χ1v) is 8.27. The van der Waals surface area contributed by atoms with Crippen LogP contribution in [-0.4, -0.2) is 35.9 Å². The van der Waals surface area contributed by atoms with Crippen molar-refractivity contribution < 1.29 is 9.59 Å². The first-order chi connectivity index (χ1) is 10.9. The van der Waals surface area contributed by atoms with E-state index in [0.717, 1.165) is 25.7 Å². The minimum absolute atomic E-state index is 0.0838. The van der Waals surface area contributed by atoms with Crippen LogP contribution in [0.3, 0.4) is 0 Å². The van der Waals surface area contributed by atoms with E-state index in [2.05, 4.69) is 17.6 Å². The molecule has 0 aliphatic rings. The van der Waals surface area contributed by atoms with Crippen molar-refractivity contribution in [3.8, 4) is 0 Å². The molecule has 0 bridgehead atoms. The van der Waals surface area contributed by atoms with Crippen molar-refractivity contribution in [3.05, 3.63) is 29.8 Å². The van der Waals surface area contributed by atoms with Crippen molar-refractivity contribution in [3.63, 3.8) is 0 Å². The van der Waals surface area contributed by atoms with Crippen LogP contribution in [0.5, 0.6) is 0 Å².